The van der Waals surface area contributed by atoms with E-state index in [-0.39, 0.29) is 6.03 Å². The average molecular weight is 266 g/mol. The molecule has 0 bridgehead atoms. The summed E-state index contributed by atoms with van der Waals surface area (Å²) in [5, 5.41) is 5.56. The highest BCUT2D eigenvalue weighted by atomic mass is 16.5. The molecule has 1 rings (SSSR count). The van der Waals surface area contributed by atoms with Crippen LogP contribution in [0.25, 0.3) is 0 Å². The molecule has 2 amide bonds. The number of carbonyl (C=O) groups is 1. The predicted molar refractivity (Wildman–Crippen MR) is 75.7 cm³/mol. The highest BCUT2D eigenvalue weighted by Gasteiger charge is 2.03. The molecular formula is C14H22N2O3. The van der Waals surface area contributed by atoms with Gasteiger partial charge in [-0.15, -0.1) is 0 Å². The maximum Gasteiger partial charge on any atom is 0.319 e. The molecule has 106 valence electrons. The Morgan fingerprint density at radius 1 is 1.32 bits per heavy atom. The van der Waals surface area contributed by atoms with E-state index >= 15 is 0 Å². The number of rotatable bonds is 7. The molecule has 1 aromatic rings. The Morgan fingerprint density at radius 3 is 2.79 bits per heavy atom. The van der Waals surface area contributed by atoms with Crippen LogP contribution in [0.5, 0.6) is 5.75 Å². The fourth-order valence-corrected chi connectivity index (χ4v) is 1.38. The van der Waals surface area contributed by atoms with Gasteiger partial charge in [-0.1, -0.05) is 19.9 Å². The quantitative estimate of drug-likeness (QED) is 0.745. The number of amides is 2. The topological polar surface area (TPSA) is 59.6 Å². The lowest BCUT2D eigenvalue weighted by atomic mass is 10.2. The number of hydrogen-bond acceptors (Lipinski definition) is 3. The predicted octanol–water partition coefficient (Wildman–Crippen LogP) is 2.49. The van der Waals surface area contributed by atoms with Crippen LogP contribution in [0.2, 0.25) is 0 Å². The fourth-order valence-electron chi connectivity index (χ4n) is 1.38. The SMILES string of the molecule is COCCOc1cccc(NC(=O)NCC(C)C)c1. The number of urea groups is 1. The van der Waals surface area contributed by atoms with Gasteiger partial charge >= 0.3 is 6.03 Å². The molecule has 0 atom stereocenters. The van der Waals surface area contributed by atoms with E-state index in [0.717, 1.165) is 0 Å². The van der Waals surface area contributed by atoms with Gasteiger partial charge in [0.05, 0.1) is 6.61 Å². The zero-order chi connectivity index (χ0) is 14.1. The Bertz CT molecular complexity index is 394. The van der Waals surface area contributed by atoms with Gasteiger partial charge in [-0.2, -0.15) is 0 Å². The Balaban J connectivity index is 2.45. The zero-order valence-corrected chi connectivity index (χ0v) is 11.7. The second-order valence-corrected chi connectivity index (χ2v) is 4.60. The lowest BCUT2D eigenvalue weighted by Gasteiger charge is -2.11. The summed E-state index contributed by atoms with van der Waals surface area (Å²) in [5.41, 5.74) is 0.705. The first-order valence-corrected chi connectivity index (χ1v) is 6.38. The molecule has 1 aromatic carbocycles. The molecule has 19 heavy (non-hydrogen) atoms. The van der Waals surface area contributed by atoms with Crippen molar-refractivity contribution in [2.45, 2.75) is 13.8 Å². The van der Waals surface area contributed by atoms with Crippen LogP contribution in [0, 0.1) is 5.92 Å². The van der Waals surface area contributed by atoms with Crippen molar-refractivity contribution in [1.29, 1.82) is 0 Å². The van der Waals surface area contributed by atoms with Crippen LogP contribution in [0.4, 0.5) is 10.5 Å². The van der Waals surface area contributed by atoms with Gasteiger partial charge in [0.2, 0.25) is 0 Å². The molecule has 0 unspecified atom stereocenters. The highest BCUT2D eigenvalue weighted by Crippen LogP contribution is 2.17. The first kappa shape index (κ1) is 15.3. The largest absolute Gasteiger partial charge is 0.491 e. The fraction of sp³-hybridized carbons (Fsp3) is 0.500. The van der Waals surface area contributed by atoms with Crippen molar-refractivity contribution < 1.29 is 14.3 Å². The molecule has 5 nitrogen and oxygen atoms in total. The summed E-state index contributed by atoms with van der Waals surface area (Å²) in [7, 11) is 1.63. The van der Waals surface area contributed by atoms with Gasteiger partial charge in [-0.05, 0) is 18.1 Å². The lowest BCUT2D eigenvalue weighted by Crippen LogP contribution is -2.31. The number of nitrogens with one attached hydrogen (secondary N) is 2. The number of hydrogen-bond donors (Lipinski definition) is 2. The van der Waals surface area contributed by atoms with Crippen LogP contribution in [-0.2, 0) is 4.74 Å². The molecule has 0 fully saturated rings. The van der Waals surface area contributed by atoms with Crippen LogP contribution >= 0.6 is 0 Å². The molecule has 0 saturated carbocycles. The number of benzene rings is 1. The van der Waals surface area contributed by atoms with Gasteiger partial charge in [0.1, 0.15) is 12.4 Å². The monoisotopic (exact) mass is 266 g/mol. The van der Waals surface area contributed by atoms with Gasteiger partial charge in [0.15, 0.2) is 0 Å². The minimum atomic E-state index is -0.206. The molecule has 0 heterocycles. The Morgan fingerprint density at radius 2 is 2.11 bits per heavy atom. The van der Waals surface area contributed by atoms with E-state index in [2.05, 4.69) is 10.6 Å². The summed E-state index contributed by atoms with van der Waals surface area (Å²) in [5.74, 6) is 1.13. The smallest absolute Gasteiger partial charge is 0.319 e. The van der Waals surface area contributed by atoms with Gasteiger partial charge in [-0.3, -0.25) is 0 Å². The standard InChI is InChI=1S/C14H22N2O3/c1-11(2)10-15-14(17)16-12-5-4-6-13(9-12)19-8-7-18-3/h4-6,9,11H,7-8,10H2,1-3H3,(H2,15,16,17). The molecule has 0 aliphatic carbocycles. The molecule has 2 N–H and O–H groups in total. The van der Waals surface area contributed by atoms with Crippen molar-refractivity contribution in [2.24, 2.45) is 5.92 Å². The highest BCUT2D eigenvalue weighted by molar-refractivity contribution is 5.89. The number of methoxy groups -OCH3 is 1. The molecule has 0 spiro atoms. The van der Waals surface area contributed by atoms with Crippen molar-refractivity contribution in [1.82, 2.24) is 5.32 Å². The van der Waals surface area contributed by atoms with Crippen LogP contribution in [0.3, 0.4) is 0 Å². The summed E-state index contributed by atoms with van der Waals surface area (Å²) in [6, 6.07) is 7.07. The van der Waals surface area contributed by atoms with Crippen molar-refractivity contribution in [3.8, 4) is 5.75 Å². The molecule has 0 aliphatic heterocycles. The summed E-state index contributed by atoms with van der Waals surface area (Å²) in [6.45, 7) is 5.76. The normalized spacial score (nSPS) is 10.3. The van der Waals surface area contributed by atoms with E-state index in [1.54, 1.807) is 13.2 Å². The average Bonchev–Trinajstić information content (AvgIpc) is 2.37. The van der Waals surface area contributed by atoms with Crippen LogP contribution < -0.4 is 15.4 Å². The zero-order valence-electron chi connectivity index (χ0n) is 11.7. The van der Waals surface area contributed by atoms with Crippen molar-refractivity contribution >= 4 is 11.7 Å². The van der Waals surface area contributed by atoms with Crippen LogP contribution in [0.15, 0.2) is 24.3 Å². The summed E-state index contributed by atoms with van der Waals surface area (Å²) in [6.07, 6.45) is 0. The summed E-state index contributed by atoms with van der Waals surface area (Å²) < 4.78 is 10.4. The van der Waals surface area contributed by atoms with E-state index in [1.807, 2.05) is 32.0 Å². The molecule has 0 saturated heterocycles. The van der Waals surface area contributed by atoms with Crippen molar-refractivity contribution in [2.75, 3.05) is 32.2 Å². The number of anilines is 1. The van der Waals surface area contributed by atoms with Gasteiger partial charge in [0.25, 0.3) is 0 Å². The second kappa shape index (κ2) is 8.37. The van der Waals surface area contributed by atoms with Crippen molar-refractivity contribution in [3.63, 3.8) is 0 Å². The van der Waals surface area contributed by atoms with E-state index < -0.39 is 0 Å². The molecule has 0 aromatic heterocycles. The summed E-state index contributed by atoms with van der Waals surface area (Å²) in [4.78, 5) is 11.6. The number of carbonyl (C=O) groups excluding carboxylic acids is 1. The summed E-state index contributed by atoms with van der Waals surface area (Å²) >= 11 is 0. The van der Waals surface area contributed by atoms with E-state index in [0.29, 0.717) is 37.1 Å². The minimum Gasteiger partial charge on any atom is -0.491 e. The Hall–Kier alpha value is -1.75. The second-order valence-electron chi connectivity index (χ2n) is 4.60. The van der Waals surface area contributed by atoms with Gasteiger partial charge in [-0.25, -0.2) is 4.79 Å². The van der Waals surface area contributed by atoms with Crippen LogP contribution in [0.1, 0.15) is 13.8 Å². The minimum absolute atomic E-state index is 0.206. The lowest BCUT2D eigenvalue weighted by molar-refractivity contribution is 0.146. The third-order valence-electron chi connectivity index (χ3n) is 2.32. The van der Waals surface area contributed by atoms with Crippen molar-refractivity contribution in [3.05, 3.63) is 24.3 Å². The first-order valence-electron chi connectivity index (χ1n) is 6.38. The first-order chi connectivity index (χ1) is 9.11. The third kappa shape index (κ3) is 6.67. The van der Waals surface area contributed by atoms with Crippen LogP contribution in [-0.4, -0.2) is 32.9 Å². The van der Waals surface area contributed by atoms with E-state index in [1.165, 1.54) is 0 Å². The Labute approximate surface area is 114 Å². The maximum absolute atomic E-state index is 11.6. The third-order valence-corrected chi connectivity index (χ3v) is 2.32. The molecular weight excluding hydrogens is 244 g/mol. The molecule has 5 heteroatoms. The maximum atomic E-state index is 11.6. The van der Waals surface area contributed by atoms with Gasteiger partial charge < -0.3 is 20.1 Å². The molecule has 0 aliphatic rings. The van der Waals surface area contributed by atoms with E-state index in [4.69, 9.17) is 9.47 Å². The van der Waals surface area contributed by atoms with Gasteiger partial charge in [0, 0.05) is 25.4 Å². The van der Waals surface area contributed by atoms with E-state index in [9.17, 15) is 4.79 Å². The number of ether oxygens (including phenoxy) is 2. The Kier molecular flexibility index (Phi) is 6.74. The molecule has 0 radical (unpaired) electrons.